The second-order valence-corrected chi connectivity index (χ2v) is 7.02. The number of aromatic nitrogens is 1. The number of carbonyl (C=O) groups excluding carboxylic acids is 1. The summed E-state index contributed by atoms with van der Waals surface area (Å²) in [6.07, 6.45) is 5.15. The van der Waals surface area contributed by atoms with Crippen LogP contribution in [0.25, 0.3) is 0 Å². The molecule has 2 aliphatic rings. The van der Waals surface area contributed by atoms with Gasteiger partial charge in [-0.2, -0.15) is 0 Å². The summed E-state index contributed by atoms with van der Waals surface area (Å²) in [5.74, 6) is 0.444. The summed E-state index contributed by atoms with van der Waals surface area (Å²) in [5, 5.41) is 13.7. The van der Waals surface area contributed by atoms with Gasteiger partial charge in [0.2, 0.25) is 0 Å². The summed E-state index contributed by atoms with van der Waals surface area (Å²) in [6, 6.07) is 0. The molecule has 3 rings (SSSR count). The van der Waals surface area contributed by atoms with Crippen LogP contribution in [0, 0.1) is 6.92 Å². The molecule has 0 unspecified atom stereocenters. The first kappa shape index (κ1) is 14.0. The monoisotopic (exact) mass is 294 g/mol. The lowest BCUT2D eigenvalue weighted by atomic mass is 9.94. The van der Waals surface area contributed by atoms with Crippen molar-refractivity contribution in [1.29, 1.82) is 0 Å². The molecule has 0 aromatic carbocycles. The Morgan fingerprint density at radius 2 is 2.05 bits per heavy atom. The largest absolute Gasteiger partial charge is 0.380 e. The molecule has 1 amide bonds. The molecular weight excluding hydrogens is 272 g/mol. The van der Waals surface area contributed by atoms with Crippen LogP contribution in [0.1, 0.15) is 55.1 Å². The predicted molar refractivity (Wildman–Crippen MR) is 78.8 cm³/mol. The van der Waals surface area contributed by atoms with E-state index in [1.54, 1.807) is 11.3 Å². The molecule has 1 aliphatic heterocycles. The van der Waals surface area contributed by atoms with E-state index in [-0.39, 0.29) is 5.91 Å². The van der Waals surface area contributed by atoms with Crippen molar-refractivity contribution in [3.8, 4) is 0 Å². The number of piperidine rings is 1. The third-order valence-electron chi connectivity index (χ3n) is 4.60. The van der Waals surface area contributed by atoms with Gasteiger partial charge in [0.15, 0.2) is 0 Å². The molecule has 1 aromatic rings. The standard InChI is InChI=1S/C15H22N2O2S/c1-11-10-20-13(16-11)12-4-8-17(9-5-12)14(18)15(19)6-2-3-7-15/h10,12,19H,2-9H2,1H3. The molecule has 20 heavy (non-hydrogen) atoms. The normalized spacial score (nSPS) is 23.2. The highest BCUT2D eigenvalue weighted by atomic mass is 32.1. The maximum Gasteiger partial charge on any atom is 0.254 e. The number of thiazole rings is 1. The zero-order valence-corrected chi connectivity index (χ0v) is 12.8. The molecule has 1 saturated carbocycles. The summed E-state index contributed by atoms with van der Waals surface area (Å²) in [4.78, 5) is 18.9. The van der Waals surface area contributed by atoms with Crippen molar-refractivity contribution >= 4 is 17.2 Å². The molecule has 1 N–H and O–H groups in total. The van der Waals surface area contributed by atoms with Gasteiger partial charge in [0.1, 0.15) is 5.60 Å². The maximum atomic E-state index is 12.4. The van der Waals surface area contributed by atoms with Gasteiger partial charge in [-0.3, -0.25) is 4.79 Å². The van der Waals surface area contributed by atoms with Crippen LogP contribution < -0.4 is 0 Å². The van der Waals surface area contributed by atoms with Crippen LogP contribution in [-0.2, 0) is 4.79 Å². The Morgan fingerprint density at radius 3 is 2.60 bits per heavy atom. The Morgan fingerprint density at radius 1 is 1.40 bits per heavy atom. The fourth-order valence-corrected chi connectivity index (χ4v) is 4.33. The van der Waals surface area contributed by atoms with E-state index < -0.39 is 5.60 Å². The van der Waals surface area contributed by atoms with Crippen LogP contribution in [0.15, 0.2) is 5.38 Å². The number of carbonyl (C=O) groups is 1. The lowest BCUT2D eigenvalue weighted by molar-refractivity contribution is -0.151. The van der Waals surface area contributed by atoms with E-state index in [2.05, 4.69) is 10.4 Å². The molecule has 2 heterocycles. The Bertz CT molecular complexity index is 486. The van der Waals surface area contributed by atoms with Crippen molar-refractivity contribution in [1.82, 2.24) is 9.88 Å². The van der Waals surface area contributed by atoms with Gasteiger partial charge >= 0.3 is 0 Å². The average Bonchev–Trinajstić information content (AvgIpc) is 3.08. The number of likely N-dealkylation sites (tertiary alicyclic amines) is 1. The minimum atomic E-state index is -1.06. The number of hydrogen-bond donors (Lipinski definition) is 1. The number of amides is 1. The third kappa shape index (κ3) is 2.61. The highest BCUT2D eigenvalue weighted by Gasteiger charge is 2.42. The second kappa shape index (κ2) is 5.45. The van der Waals surface area contributed by atoms with Crippen molar-refractivity contribution < 1.29 is 9.90 Å². The molecule has 4 nitrogen and oxygen atoms in total. The van der Waals surface area contributed by atoms with Gasteiger partial charge in [0.25, 0.3) is 5.91 Å². The predicted octanol–water partition coefficient (Wildman–Crippen LogP) is 2.46. The van der Waals surface area contributed by atoms with Gasteiger partial charge in [-0.15, -0.1) is 11.3 Å². The summed E-state index contributed by atoms with van der Waals surface area (Å²) in [7, 11) is 0. The van der Waals surface area contributed by atoms with Gasteiger partial charge in [-0.1, -0.05) is 0 Å². The first-order chi connectivity index (χ1) is 9.58. The van der Waals surface area contributed by atoms with Gasteiger partial charge in [-0.25, -0.2) is 4.98 Å². The van der Waals surface area contributed by atoms with E-state index in [4.69, 9.17) is 0 Å². The molecule has 110 valence electrons. The SMILES string of the molecule is Cc1csc(C2CCN(C(=O)C3(O)CCCC3)CC2)n1. The third-order valence-corrected chi connectivity index (χ3v) is 5.72. The van der Waals surface area contributed by atoms with Crippen molar-refractivity contribution in [2.45, 2.75) is 57.0 Å². The topological polar surface area (TPSA) is 53.4 Å². The van der Waals surface area contributed by atoms with Gasteiger partial charge in [0, 0.05) is 30.1 Å². The summed E-state index contributed by atoms with van der Waals surface area (Å²) < 4.78 is 0. The van der Waals surface area contributed by atoms with Gasteiger partial charge in [-0.05, 0) is 45.4 Å². The number of rotatable bonds is 2. The van der Waals surface area contributed by atoms with E-state index in [1.165, 1.54) is 5.01 Å². The molecule has 0 atom stereocenters. The van der Waals surface area contributed by atoms with Crippen molar-refractivity contribution in [2.24, 2.45) is 0 Å². The van der Waals surface area contributed by atoms with Crippen LogP contribution in [0.4, 0.5) is 0 Å². The van der Waals surface area contributed by atoms with Crippen LogP contribution in [0.2, 0.25) is 0 Å². The number of aliphatic hydroxyl groups is 1. The number of hydrogen-bond acceptors (Lipinski definition) is 4. The summed E-state index contributed by atoms with van der Waals surface area (Å²) in [5.41, 5.74) is 0.0220. The van der Waals surface area contributed by atoms with Crippen LogP contribution in [0.3, 0.4) is 0 Å². The number of nitrogens with zero attached hydrogens (tertiary/aromatic N) is 2. The maximum absolute atomic E-state index is 12.4. The second-order valence-electron chi connectivity index (χ2n) is 6.13. The minimum Gasteiger partial charge on any atom is -0.380 e. The van der Waals surface area contributed by atoms with Crippen molar-refractivity contribution in [3.63, 3.8) is 0 Å². The first-order valence-electron chi connectivity index (χ1n) is 7.52. The van der Waals surface area contributed by atoms with Gasteiger partial charge in [0.05, 0.1) is 5.01 Å². The van der Waals surface area contributed by atoms with Gasteiger partial charge < -0.3 is 10.0 Å². The highest BCUT2D eigenvalue weighted by molar-refractivity contribution is 7.09. The Labute approximate surface area is 123 Å². The Kier molecular flexibility index (Phi) is 3.82. The van der Waals surface area contributed by atoms with E-state index in [0.717, 1.165) is 44.5 Å². The molecule has 0 bridgehead atoms. The average molecular weight is 294 g/mol. The molecule has 0 radical (unpaired) electrons. The van der Waals surface area contributed by atoms with E-state index >= 15 is 0 Å². The van der Waals surface area contributed by atoms with Crippen molar-refractivity contribution in [3.05, 3.63) is 16.1 Å². The molecule has 1 aliphatic carbocycles. The molecule has 1 saturated heterocycles. The van der Waals surface area contributed by atoms with E-state index in [1.807, 2.05) is 11.8 Å². The fraction of sp³-hybridized carbons (Fsp3) is 0.733. The Hall–Kier alpha value is -0.940. The minimum absolute atomic E-state index is 0.0382. The first-order valence-corrected chi connectivity index (χ1v) is 8.40. The zero-order valence-electron chi connectivity index (χ0n) is 12.0. The number of aryl methyl sites for hydroxylation is 1. The lowest BCUT2D eigenvalue weighted by Gasteiger charge is -2.35. The smallest absolute Gasteiger partial charge is 0.254 e. The lowest BCUT2D eigenvalue weighted by Crippen LogP contribution is -2.49. The van der Waals surface area contributed by atoms with E-state index in [9.17, 15) is 9.90 Å². The quantitative estimate of drug-likeness (QED) is 0.911. The summed E-state index contributed by atoms with van der Waals surface area (Å²) in [6.45, 7) is 3.53. The highest BCUT2D eigenvalue weighted by Crippen LogP contribution is 2.34. The molecule has 1 aromatic heterocycles. The van der Waals surface area contributed by atoms with Crippen molar-refractivity contribution in [2.75, 3.05) is 13.1 Å². The molecular formula is C15H22N2O2S. The van der Waals surface area contributed by atoms with Crippen LogP contribution in [-0.4, -0.2) is 39.6 Å². The van der Waals surface area contributed by atoms with E-state index in [0.29, 0.717) is 18.8 Å². The fourth-order valence-electron chi connectivity index (χ4n) is 3.36. The Balaban J connectivity index is 1.59. The summed E-state index contributed by atoms with van der Waals surface area (Å²) >= 11 is 1.73. The molecule has 5 heteroatoms. The zero-order chi connectivity index (χ0) is 14.2. The van der Waals surface area contributed by atoms with Crippen LogP contribution in [0.5, 0.6) is 0 Å². The van der Waals surface area contributed by atoms with Crippen LogP contribution >= 0.6 is 11.3 Å². The molecule has 2 fully saturated rings. The molecule has 0 spiro atoms.